The Morgan fingerprint density at radius 1 is 1.44 bits per heavy atom. The van der Waals surface area contributed by atoms with Crippen LogP contribution in [0.4, 0.5) is 10.1 Å². The first-order valence-electron chi connectivity index (χ1n) is 6.86. The predicted octanol–water partition coefficient (Wildman–Crippen LogP) is 2.96. The van der Waals surface area contributed by atoms with Crippen molar-refractivity contribution in [1.29, 1.82) is 0 Å². The lowest BCUT2D eigenvalue weighted by Crippen LogP contribution is -2.48. The predicted molar refractivity (Wildman–Crippen MR) is 74.6 cm³/mol. The minimum Gasteiger partial charge on any atom is -0.371 e. The van der Waals surface area contributed by atoms with Gasteiger partial charge in [-0.2, -0.15) is 0 Å². The van der Waals surface area contributed by atoms with Crippen molar-refractivity contribution in [2.24, 2.45) is 5.92 Å². The van der Waals surface area contributed by atoms with Gasteiger partial charge in [-0.15, -0.1) is 0 Å². The fraction of sp³-hybridized carbons (Fsp3) is 0.600. The number of piperidine rings is 1. The van der Waals surface area contributed by atoms with Crippen LogP contribution in [-0.2, 0) is 0 Å². The summed E-state index contributed by atoms with van der Waals surface area (Å²) in [6.07, 6.45) is 1.13. The maximum atomic E-state index is 13.4. The van der Waals surface area contributed by atoms with E-state index in [1.54, 1.807) is 6.07 Å². The highest BCUT2D eigenvalue weighted by Gasteiger charge is 2.26. The van der Waals surface area contributed by atoms with E-state index in [9.17, 15) is 4.39 Å². The molecule has 2 atom stereocenters. The van der Waals surface area contributed by atoms with Gasteiger partial charge in [0, 0.05) is 24.8 Å². The zero-order chi connectivity index (χ0) is 13.1. The smallest absolute Gasteiger partial charge is 0.125 e. The molecule has 1 aliphatic rings. The van der Waals surface area contributed by atoms with Crippen LogP contribution in [0.5, 0.6) is 0 Å². The number of anilines is 1. The Labute approximate surface area is 109 Å². The number of nitrogens with zero attached hydrogens (tertiary/aromatic N) is 1. The summed E-state index contributed by atoms with van der Waals surface area (Å²) in [6.45, 7) is 9.50. The van der Waals surface area contributed by atoms with Crippen LogP contribution in [0.3, 0.4) is 0 Å². The molecule has 0 saturated carbocycles. The maximum absolute atomic E-state index is 13.4. The summed E-state index contributed by atoms with van der Waals surface area (Å²) in [6, 6.07) is 5.66. The van der Waals surface area contributed by atoms with Gasteiger partial charge in [0.25, 0.3) is 0 Å². The number of nitrogens with one attached hydrogen (secondary N) is 1. The van der Waals surface area contributed by atoms with Gasteiger partial charge in [0.1, 0.15) is 5.82 Å². The second-order valence-electron chi connectivity index (χ2n) is 5.31. The first-order valence-corrected chi connectivity index (χ1v) is 6.86. The first kappa shape index (κ1) is 13.3. The van der Waals surface area contributed by atoms with Crippen molar-refractivity contribution in [3.8, 4) is 0 Å². The van der Waals surface area contributed by atoms with Gasteiger partial charge in [-0.3, -0.25) is 0 Å². The van der Waals surface area contributed by atoms with Crippen molar-refractivity contribution in [1.82, 2.24) is 5.32 Å². The fourth-order valence-electron chi connectivity index (χ4n) is 2.85. The Kier molecular flexibility index (Phi) is 4.23. The Balaban J connectivity index is 2.10. The summed E-state index contributed by atoms with van der Waals surface area (Å²) in [5, 5.41) is 3.53. The van der Waals surface area contributed by atoms with Crippen LogP contribution in [0.2, 0.25) is 0 Å². The molecule has 0 amide bonds. The number of rotatable bonds is 3. The molecule has 1 heterocycles. The molecule has 1 aromatic carbocycles. The molecule has 2 nitrogen and oxygen atoms in total. The van der Waals surface area contributed by atoms with Gasteiger partial charge < -0.3 is 10.2 Å². The van der Waals surface area contributed by atoms with E-state index in [0.717, 1.165) is 37.3 Å². The largest absolute Gasteiger partial charge is 0.371 e. The van der Waals surface area contributed by atoms with Gasteiger partial charge >= 0.3 is 0 Å². The molecule has 0 aliphatic carbocycles. The third kappa shape index (κ3) is 2.83. The Bertz CT molecular complexity index is 405. The molecule has 18 heavy (non-hydrogen) atoms. The molecule has 0 bridgehead atoms. The number of hydrogen-bond acceptors (Lipinski definition) is 2. The van der Waals surface area contributed by atoms with Gasteiger partial charge in [-0.05, 0) is 43.5 Å². The average molecular weight is 250 g/mol. The number of halogens is 1. The lowest BCUT2D eigenvalue weighted by atomic mass is 9.93. The summed E-state index contributed by atoms with van der Waals surface area (Å²) < 4.78 is 13.4. The van der Waals surface area contributed by atoms with Gasteiger partial charge in [-0.25, -0.2) is 4.39 Å². The van der Waals surface area contributed by atoms with Crippen LogP contribution in [0.15, 0.2) is 18.2 Å². The van der Waals surface area contributed by atoms with E-state index in [0.29, 0.717) is 12.0 Å². The molecule has 3 heteroatoms. The van der Waals surface area contributed by atoms with Gasteiger partial charge in [0.15, 0.2) is 0 Å². The van der Waals surface area contributed by atoms with E-state index in [-0.39, 0.29) is 5.82 Å². The lowest BCUT2D eigenvalue weighted by molar-refractivity contribution is 0.326. The Morgan fingerprint density at radius 2 is 2.22 bits per heavy atom. The Morgan fingerprint density at radius 3 is 2.89 bits per heavy atom. The Hall–Kier alpha value is -1.09. The van der Waals surface area contributed by atoms with Crippen molar-refractivity contribution >= 4 is 5.69 Å². The molecule has 0 spiro atoms. The quantitative estimate of drug-likeness (QED) is 0.887. The van der Waals surface area contributed by atoms with Crippen molar-refractivity contribution in [2.75, 3.05) is 24.5 Å². The van der Waals surface area contributed by atoms with Crippen molar-refractivity contribution < 1.29 is 4.39 Å². The molecular weight excluding hydrogens is 227 g/mol. The van der Waals surface area contributed by atoms with Crippen LogP contribution < -0.4 is 10.2 Å². The molecule has 2 unspecified atom stereocenters. The van der Waals surface area contributed by atoms with Gasteiger partial charge in [0.05, 0.1) is 0 Å². The summed E-state index contributed by atoms with van der Waals surface area (Å²) in [4.78, 5) is 2.32. The van der Waals surface area contributed by atoms with Crippen molar-refractivity contribution in [3.63, 3.8) is 0 Å². The zero-order valence-corrected chi connectivity index (χ0v) is 11.5. The van der Waals surface area contributed by atoms with Crippen LogP contribution >= 0.6 is 0 Å². The van der Waals surface area contributed by atoms with Crippen LogP contribution in [-0.4, -0.2) is 25.7 Å². The summed E-state index contributed by atoms with van der Waals surface area (Å²) in [5.74, 6) is 0.457. The van der Waals surface area contributed by atoms with Crippen LogP contribution in [0.1, 0.15) is 25.8 Å². The van der Waals surface area contributed by atoms with Gasteiger partial charge in [-0.1, -0.05) is 19.9 Å². The first-order chi connectivity index (χ1) is 8.61. The number of benzene rings is 1. The van der Waals surface area contributed by atoms with Crippen molar-refractivity contribution in [3.05, 3.63) is 29.6 Å². The summed E-state index contributed by atoms with van der Waals surface area (Å²) in [7, 11) is 0. The minimum absolute atomic E-state index is 0.142. The molecule has 1 aliphatic heterocycles. The van der Waals surface area contributed by atoms with Crippen molar-refractivity contribution in [2.45, 2.75) is 33.2 Å². The highest BCUT2D eigenvalue weighted by atomic mass is 19.1. The average Bonchev–Trinajstić information content (AvgIpc) is 2.35. The SMILES string of the molecule is CCNC1CCN(c2cc(F)ccc2C)CC1C. The maximum Gasteiger partial charge on any atom is 0.125 e. The molecule has 1 saturated heterocycles. The zero-order valence-electron chi connectivity index (χ0n) is 11.5. The molecule has 1 fully saturated rings. The number of hydrogen-bond donors (Lipinski definition) is 1. The third-order valence-electron chi connectivity index (χ3n) is 3.88. The third-order valence-corrected chi connectivity index (χ3v) is 3.88. The highest BCUT2D eigenvalue weighted by Crippen LogP contribution is 2.26. The topological polar surface area (TPSA) is 15.3 Å². The van der Waals surface area contributed by atoms with E-state index in [1.807, 2.05) is 6.07 Å². The van der Waals surface area contributed by atoms with E-state index in [4.69, 9.17) is 0 Å². The fourth-order valence-corrected chi connectivity index (χ4v) is 2.85. The highest BCUT2D eigenvalue weighted by molar-refractivity contribution is 5.53. The summed E-state index contributed by atoms with van der Waals surface area (Å²) in [5.41, 5.74) is 2.21. The lowest BCUT2D eigenvalue weighted by Gasteiger charge is -2.39. The van der Waals surface area contributed by atoms with Crippen LogP contribution in [0.25, 0.3) is 0 Å². The number of aryl methyl sites for hydroxylation is 1. The summed E-state index contributed by atoms with van der Waals surface area (Å²) >= 11 is 0. The molecule has 0 aromatic heterocycles. The minimum atomic E-state index is -0.142. The molecule has 0 radical (unpaired) electrons. The monoisotopic (exact) mass is 250 g/mol. The van der Waals surface area contributed by atoms with E-state index < -0.39 is 0 Å². The van der Waals surface area contributed by atoms with E-state index >= 15 is 0 Å². The van der Waals surface area contributed by atoms with Gasteiger partial charge in [0.2, 0.25) is 0 Å². The molecule has 2 rings (SSSR count). The second kappa shape index (κ2) is 5.70. The van der Waals surface area contributed by atoms with E-state index in [2.05, 4.69) is 31.0 Å². The molecule has 1 aromatic rings. The second-order valence-corrected chi connectivity index (χ2v) is 5.31. The van der Waals surface area contributed by atoms with Crippen LogP contribution in [0, 0.1) is 18.7 Å². The van der Waals surface area contributed by atoms with E-state index in [1.165, 1.54) is 6.07 Å². The molecular formula is C15H23FN2. The molecule has 1 N–H and O–H groups in total. The molecule has 100 valence electrons. The normalized spacial score (nSPS) is 24.3. The standard InChI is InChI=1S/C15H23FN2/c1-4-17-14-7-8-18(10-12(14)3)15-9-13(16)6-5-11(15)2/h5-6,9,12,14,17H,4,7-8,10H2,1-3H3.